The van der Waals surface area contributed by atoms with E-state index in [9.17, 15) is 10.2 Å². The normalized spacial score (nSPS) is 16.3. The van der Waals surface area contributed by atoms with Gasteiger partial charge in [0.1, 0.15) is 11.2 Å². The summed E-state index contributed by atoms with van der Waals surface area (Å²) in [6.45, 7) is 4.50. The first kappa shape index (κ1) is 20.8. The third-order valence-electron chi connectivity index (χ3n) is 6.70. The molecule has 9 nitrogen and oxygen atoms in total. The Hall–Kier alpha value is -3.04. The van der Waals surface area contributed by atoms with Gasteiger partial charge in [-0.2, -0.15) is 4.98 Å². The van der Waals surface area contributed by atoms with Gasteiger partial charge in [-0.3, -0.25) is 0 Å². The Morgan fingerprint density at radius 2 is 1.91 bits per heavy atom. The molecule has 0 radical (unpaired) electrons. The van der Waals surface area contributed by atoms with E-state index in [1.54, 1.807) is 6.33 Å². The van der Waals surface area contributed by atoms with Crippen LogP contribution in [0.25, 0.3) is 33.5 Å². The van der Waals surface area contributed by atoms with Gasteiger partial charge in [0.05, 0.1) is 36.9 Å². The van der Waals surface area contributed by atoms with Gasteiger partial charge in [-0.05, 0) is 31.4 Å². The molecule has 5 rings (SSSR count). The predicted molar refractivity (Wildman–Crippen MR) is 123 cm³/mol. The number of piperidine rings is 1. The van der Waals surface area contributed by atoms with E-state index in [0.717, 1.165) is 47.2 Å². The van der Waals surface area contributed by atoms with E-state index in [-0.39, 0.29) is 13.2 Å². The summed E-state index contributed by atoms with van der Waals surface area (Å²) >= 11 is 0. The number of aryl methyl sites for hydroxylation is 1. The average molecular weight is 436 g/mol. The van der Waals surface area contributed by atoms with Crippen LogP contribution in [0.15, 0.2) is 30.9 Å². The first-order valence-corrected chi connectivity index (χ1v) is 11.3. The summed E-state index contributed by atoms with van der Waals surface area (Å²) in [5.74, 6) is 0.623. The summed E-state index contributed by atoms with van der Waals surface area (Å²) in [5.41, 5.74) is 4.84. The van der Waals surface area contributed by atoms with E-state index >= 15 is 0 Å². The van der Waals surface area contributed by atoms with Gasteiger partial charge in [0.15, 0.2) is 5.65 Å². The second-order valence-electron chi connectivity index (χ2n) is 8.77. The Balaban J connectivity index is 1.50. The Bertz CT molecular complexity index is 1220. The maximum absolute atomic E-state index is 9.71. The molecule has 3 N–H and O–H groups in total. The first-order chi connectivity index (χ1) is 15.7. The van der Waals surface area contributed by atoms with Crippen LogP contribution in [0.2, 0.25) is 0 Å². The summed E-state index contributed by atoms with van der Waals surface area (Å²) in [6.07, 6.45) is 7.21. The number of aromatic amines is 1. The fourth-order valence-corrected chi connectivity index (χ4v) is 4.44. The van der Waals surface area contributed by atoms with Gasteiger partial charge in [-0.1, -0.05) is 19.4 Å². The predicted octanol–water partition coefficient (Wildman–Crippen LogP) is 2.74. The standard InChI is InChI=1S/C23H29N7O2/c1-2-3-8-30-15-26-17-11-16(4-5-18(17)30)19-20-21(25-14-24-20)28-22(27-19)29-9-6-23(12-31,13-32)7-10-29/h4-5,11,14-15,31-32H,2-3,6-10,12-13H2,1H3,(H,24,25,27,28). The molecule has 0 amide bonds. The molecule has 1 aliphatic heterocycles. The van der Waals surface area contributed by atoms with E-state index in [1.165, 1.54) is 0 Å². The molecule has 32 heavy (non-hydrogen) atoms. The second kappa shape index (κ2) is 8.48. The van der Waals surface area contributed by atoms with Gasteiger partial charge in [0.2, 0.25) is 5.95 Å². The topological polar surface area (TPSA) is 116 Å². The summed E-state index contributed by atoms with van der Waals surface area (Å²) in [7, 11) is 0. The Kier molecular flexibility index (Phi) is 5.52. The maximum Gasteiger partial charge on any atom is 0.228 e. The zero-order valence-corrected chi connectivity index (χ0v) is 18.3. The number of rotatable bonds is 7. The molecule has 1 aliphatic rings. The van der Waals surface area contributed by atoms with Crippen LogP contribution >= 0.6 is 0 Å². The number of H-pyrrole nitrogens is 1. The molecule has 4 aromatic rings. The van der Waals surface area contributed by atoms with Crippen LogP contribution in [-0.4, -0.2) is 66.0 Å². The molecule has 0 aliphatic carbocycles. The van der Waals surface area contributed by atoms with Crippen LogP contribution in [0.5, 0.6) is 0 Å². The zero-order valence-electron chi connectivity index (χ0n) is 18.3. The maximum atomic E-state index is 9.71. The number of hydrogen-bond donors (Lipinski definition) is 3. The quantitative estimate of drug-likeness (QED) is 0.409. The van der Waals surface area contributed by atoms with Crippen molar-refractivity contribution in [3.05, 3.63) is 30.9 Å². The van der Waals surface area contributed by atoms with Gasteiger partial charge in [0.25, 0.3) is 0 Å². The molecule has 0 saturated carbocycles. The molecule has 9 heteroatoms. The lowest BCUT2D eigenvalue weighted by Gasteiger charge is -2.39. The van der Waals surface area contributed by atoms with Crippen molar-refractivity contribution < 1.29 is 10.2 Å². The SMILES string of the molecule is CCCCn1cnc2cc(-c3nc(N4CCC(CO)(CO)CC4)nc4nc[nH]c34)ccc21. The van der Waals surface area contributed by atoms with Gasteiger partial charge < -0.3 is 24.7 Å². The minimum Gasteiger partial charge on any atom is -0.396 e. The molecule has 1 fully saturated rings. The van der Waals surface area contributed by atoms with Crippen LogP contribution in [0.4, 0.5) is 5.95 Å². The Morgan fingerprint density at radius 1 is 1.09 bits per heavy atom. The molecule has 0 unspecified atom stereocenters. The van der Waals surface area contributed by atoms with Gasteiger partial charge in [-0.15, -0.1) is 0 Å². The summed E-state index contributed by atoms with van der Waals surface area (Å²) in [4.78, 5) is 23.9. The Labute approximate surface area is 186 Å². The zero-order chi connectivity index (χ0) is 22.1. The second-order valence-corrected chi connectivity index (χ2v) is 8.77. The largest absolute Gasteiger partial charge is 0.396 e. The van der Waals surface area contributed by atoms with Crippen LogP contribution in [0, 0.1) is 5.41 Å². The van der Waals surface area contributed by atoms with Crippen molar-refractivity contribution in [3.63, 3.8) is 0 Å². The molecule has 4 heterocycles. The van der Waals surface area contributed by atoms with Crippen molar-refractivity contribution in [1.29, 1.82) is 0 Å². The van der Waals surface area contributed by atoms with Crippen LogP contribution in [0.3, 0.4) is 0 Å². The molecule has 1 saturated heterocycles. The van der Waals surface area contributed by atoms with Gasteiger partial charge in [0, 0.05) is 30.6 Å². The lowest BCUT2D eigenvalue weighted by molar-refractivity contribution is 0.0338. The van der Waals surface area contributed by atoms with Crippen molar-refractivity contribution in [3.8, 4) is 11.3 Å². The number of unbranched alkanes of at least 4 members (excludes halogenated alkanes) is 1. The molecule has 1 aromatic carbocycles. The molecular weight excluding hydrogens is 406 g/mol. The average Bonchev–Trinajstić information content (AvgIpc) is 3.48. The number of nitrogens with zero attached hydrogens (tertiary/aromatic N) is 6. The third kappa shape index (κ3) is 3.61. The number of anilines is 1. The number of benzene rings is 1. The fourth-order valence-electron chi connectivity index (χ4n) is 4.44. The lowest BCUT2D eigenvalue weighted by Crippen LogP contribution is -2.44. The number of aliphatic hydroxyl groups is 2. The highest BCUT2D eigenvalue weighted by molar-refractivity contribution is 5.91. The fraction of sp³-hybridized carbons (Fsp3) is 0.478. The van der Waals surface area contributed by atoms with Crippen LogP contribution < -0.4 is 4.90 Å². The smallest absolute Gasteiger partial charge is 0.228 e. The number of aromatic nitrogens is 6. The van der Waals surface area contributed by atoms with E-state index in [1.807, 2.05) is 6.33 Å². The summed E-state index contributed by atoms with van der Waals surface area (Å²) < 4.78 is 2.20. The highest BCUT2D eigenvalue weighted by Gasteiger charge is 2.34. The number of aliphatic hydroxyl groups excluding tert-OH is 2. The molecular formula is C23H29N7O2. The number of nitrogens with one attached hydrogen (secondary N) is 1. The van der Waals surface area contributed by atoms with E-state index < -0.39 is 5.41 Å². The highest BCUT2D eigenvalue weighted by atomic mass is 16.3. The molecule has 0 bridgehead atoms. The summed E-state index contributed by atoms with van der Waals surface area (Å²) in [5, 5.41) is 19.4. The van der Waals surface area contributed by atoms with Crippen LogP contribution in [-0.2, 0) is 6.54 Å². The van der Waals surface area contributed by atoms with Crippen molar-refractivity contribution in [2.75, 3.05) is 31.2 Å². The molecule has 168 valence electrons. The van der Waals surface area contributed by atoms with Gasteiger partial charge >= 0.3 is 0 Å². The minimum atomic E-state index is -0.419. The monoisotopic (exact) mass is 435 g/mol. The van der Waals surface area contributed by atoms with E-state index in [4.69, 9.17) is 4.98 Å². The number of fused-ring (bicyclic) bond motifs is 2. The molecule has 0 spiro atoms. The molecule has 3 aromatic heterocycles. The van der Waals surface area contributed by atoms with E-state index in [0.29, 0.717) is 37.5 Å². The summed E-state index contributed by atoms with van der Waals surface area (Å²) in [6, 6.07) is 6.26. The Morgan fingerprint density at radius 3 is 2.66 bits per heavy atom. The van der Waals surface area contributed by atoms with Crippen molar-refractivity contribution >= 4 is 28.1 Å². The number of hydrogen-bond acceptors (Lipinski definition) is 7. The van der Waals surface area contributed by atoms with Crippen molar-refractivity contribution in [2.45, 2.75) is 39.2 Å². The highest BCUT2D eigenvalue weighted by Crippen LogP contribution is 2.34. The lowest BCUT2D eigenvalue weighted by atomic mass is 9.80. The minimum absolute atomic E-state index is 0.00718. The number of imidazole rings is 2. The molecule has 0 atom stereocenters. The third-order valence-corrected chi connectivity index (χ3v) is 6.70. The first-order valence-electron chi connectivity index (χ1n) is 11.3. The van der Waals surface area contributed by atoms with Crippen LogP contribution in [0.1, 0.15) is 32.6 Å². The van der Waals surface area contributed by atoms with Crippen molar-refractivity contribution in [1.82, 2.24) is 29.5 Å². The van der Waals surface area contributed by atoms with Gasteiger partial charge in [-0.25, -0.2) is 15.0 Å². The van der Waals surface area contributed by atoms with E-state index in [2.05, 4.69) is 54.5 Å². The van der Waals surface area contributed by atoms with Crippen molar-refractivity contribution in [2.24, 2.45) is 5.41 Å².